The zero-order valence-electron chi connectivity index (χ0n) is 9.62. The van der Waals surface area contributed by atoms with Crippen LogP contribution < -0.4 is 0 Å². The Bertz CT molecular complexity index is 419. The van der Waals surface area contributed by atoms with E-state index in [1.165, 1.54) is 35.6 Å². The van der Waals surface area contributed by atoms with E-state index in [2.05, 4.69) is 4.98 Å². The molecular weight excluding hydrogens is 272 g/mol. The first-order valence-corrected chi connectivity index (χ1v) is 8.67. The molecule has 1 atom stereocenters. The Morgan fingerprint density at radius 1 is 1.12 bits per heavy atom. The van der Waals surface area contributed by atoms with Crippen LogP contribution in [0.5, 0.6) is 0 Å². The molecule has 0 bridgehead atoms. The molecule has 5 heteroatoms. The van der Waals surface area contributed by atoms with Gasteiger partial charge in [0.1, 0.15) is 11.0 Å². The van der Waals surface area contributed by atoms with Gasteiger partial charge >= 0.3 is 0 Å². The summed E-state index contributed by atoms with van der Waals surface area (Å²) in [5.74, 6) is 4.54. The average molecular weight is 287 g/mol. The summed E-state index contributed by atoms with van der Waals surface area (Å²) in [5.41, 5.74) is 2.41. The highest BCUT2D eigenvalue weighted by Gasteiger charge is 2.23. The Kier molecular flexibility index (Phi) is 3.83. The number of aromatic nitrogens is 2. The predicted octanol–water partition coefficient (Wildman–Crippen LogP) is 3.53. The minimum atomic E-state index is 0.443. The van der Waals surface area contributed by atoms with E-state index in [-0.39, 0.29) is 0 Å². The molecule has 2 aliphatic rings. The highest BCUT2D eigenvalue weighted by atomic mass is 35.5. The smallest absolute Gasteiger partial charge is 0.144 e. The van der Waals surface area contributed by atoms with Crippen molar-refractivity contribution in [2.24, 2.45) is 0 Å². The number of rotatable bonds is 1. The van der Waals surface area contributed by atoms with Crippen molar-refractivity contribution >= 4 is 35.1 Å². The first kappa shape index (κ1) is 12.1. The molecule has 1 aromatic heterocycles. The summed E-state index contributed by atoms with van der Waals surface area (Å²) in [6, 6.07) is 0. The minimum Gasteiger partial charge on any atom is -0.236 e. The molecule has 0 N–H and O–H groups in total. The first-order chi connectivity index (χ1) is 8.34. The van der Waals surface area contributed by atoms with Gasteiger partial charge in [0.25, 0.3) is 0 Å². The highest BCUT2D eigenvalue weighted by molar-refractivity contribution is 8.06. The number of halogens is 1. The molecule has 1 unspecified atom stereocenters. The molecule has 1 aliphatic carbocycles. The van der Waals surface area contributed by atoms with Gasteiger partial charge in [0, 0.05) is 28.5 Å². The fourth-order valence-corrected chi connectivity index (χ4v) is 5.24. The largest absolute Gasteiger partial charge is 0.236 e. The summed E-state index contributed by atoms with van der Waals surface area (Å²) < 4.78 is 0. The number of hydrogen-bond donors (Lipinski definition) is 0. The maximum Gasteiger partial charge on any atom is 0.144 e. The van der Waals surface area contributed by atoms with Gasteiger partial charge in [-0.2, -0.15) is 11.8 Å². The van der Waals surface area contributed by atoms with E-state index in [4.69, 9.17) is 16.6 Å². The summed E-state index contributed by atoms with van der Waals surface area (Å²) in [5, 5.41) is 1.15. The molecule has 1 fully saturated rings. The predicted molar refractivity (Wildman–Crippen MR) is 76.2 cm³/mol. The molecule has 1 aromatic rings. The van der Waals surface area contributed by atoms with Crippen LogP contribution in [0.3, 0.4) is 0 Å². The van der Waals surface area contributed by atoms with Gasteiger partial charge in [-0.25, -0.2) is 9.97 Å². The van der Waals surface area contributed by atoms with Crippen molar-refractivity contribution < 1.29 is 0 Å². The molecular formula is C12H15ClN2S2. The molecule has 0 amide bonds. The van der Waals surface area contributed by atoms with Crippen molar-refractivity contribution in [1.82, 2.24) is 9.97 Å². The van der Waals surface area contributed by atoms with Gasteiger partial charge in [0.05, 0.1) is 5.25 Å². The molecule has 2 heterocycles. The normalized spacial score (nSPS) is 24.4. The molecule has 0 saturated carbocycles. The molecule has 0 aromatic carbocycles. The van der Waals surface area contributed by atoms with Gasteiger partial charge in [0.2, 0.25) is 0 Å². The van der Waals surface area contributed by atoms with Crippen molar-refractivity contribution in [2.45, 2.75) is 30.9 Å². The van der Waals surface area contributed by atoms with Crippen molar-refractivity contribution in [3.8, 4) is 0 Å². The fraction of sp³-hybridized carbons (Fsp3) is 0.667. The van der Waals surface area contributed by atoms with E-state index in [1.54, 1.807) is 0 Å². The maximum absolute atomic E-state index is 6.30. The molecule has 1 aliphatic heterocycles. The highest BCUT2D eigenvalue weighted by Crippen LogP contribution is 2.36. The Morgan fingerprint density at radius 3 is 2.82 bits per heavy atom. The molecule has 0 spiro atoms. The van der Waals surface area contributed by atoms with Crippen molar-refractivity contribution in [2.75, 3.05) is 17.3 Å². The van der Waals surface area contributed by atoms with Crippen LogP contribution in [0.4, 0.5) is 0 Å². The lowest BCUT2D eigenvalue weighted by Gasteiger charge is -2.22. The van der Waals surface area contributed by atoms with Crippen LogP contribution in [0.25, 0.3) is 0 Å². The third kappa shape index (κ3) is 2.59. The van der Waals surface area contributed by atoms with Crippen molar-refractivity contribution in [3.63, 3.8) is 0 Å². The Labute approximate surface area is 115 Å². The topological polar surface area (TPSA) is 25.8 Å². The van der Waals surface area contributed by atoms with Gasteiger partial charge < -0.3 is 0 Å². The number of fused-ring (bicyclic) bond motifs is 1. The first-order valence-electron chi connectivity index (χ1n) is 6.09. The quantitative estimate of drug-likeness (QED) is 0.738. The molecule has 17 heavy (non-hydrogen) atoms. The maximum atomic E-state index is 6.30. The monoisotopic (exact) mass is 286 g/mol. The second kappa shape index (κ2) is 5.37. The van der Waals surface area contributed by atoms with Crippen LogP contribution in [0, 0.1) is 0 Å². The zero-order valence-corrected chi connectivity index (χ0v) is 12.0. The van der Waals surface area contributed by atoms with E-state index in [0.717, 1.165) is 24.4 Å². The summed E-state index contributed by atoms with van der Waals surface area (Å²) in [7, 11) is 0. The summed E-state index contributed by atoms with van der Waals surface area (Å²) in [6.45, 7) is 0. The molecule has 92 valence electrons. The van der Waals surface area contributed by atoms with E-state index >= 15 is 0 Å². The van der Waals surface area contributed by atoms with Crippen LogP contribution in [-0.4, -0.2) is 27.2 Å². The number of hydrogen-bond acceptors (Lipinski definition) is 4. The van der Waals surface area contributed by atoms with Crippen LogP contribution in [0.2, 0.25) is 5.15 Å². The Hall–Kier alpha value is 0.0700. The average Bonchev–Trinajstić information content (AvgIpc) is 2.40. The standard InChI is InChI=1S/C12H15ClN2S2/c13-11-8-3-1-2-4-9(8)14-12(15-11)10-7-16-5-6-17-10/h10H,1-7H2. The van der Waals surface area contributed by atoms with E-state index in [9.17, 15) is 0 Å². The molecule has 2 nitrogen and oxygen atoms in total. The van der Waals surface area contributed by atoms with Crippen LogP contribution in [0.1, 0.15) is 35.2 Å². The number of nitrogens with zero attached hydrogens (tertiary/aromatic N) is 2. The zero-order chi connectivity index (χ0) is 11.7. The number of thioether (sulfide) groups is 2. The van der Waals surface area contributed by atoms with Crippen LogP contribution >= 0.6 is 35.1 Å². The van der Waals surface area contributed by atoms with E-state index in [1.807, 2.05) is 23.5 Å². The lowest BCUT2D eigenvalue weighted by atomic mass is 9.97. The lowest BCUT2D eigenvalue weighted by molar-refractivity contribution is 0.654. The molecule has 0 radical (unpaired) electrons. The second-order valence-electron chi connectivity index (χ2n) is 4.44. The summed E-state index contributed by atoms with van der Waals surface area (Å²) in [4.78, 5) is 9.30. The van der Waals surface area contributed by atoms with Crippen molar-refractivity contribution in [1.29, 1.82) is 0 Å². The van der Waals surface area contributed by atoms with Gasteiger partial charge in [0.15, 0.2) is 0 Å². The second-order valence-corrected chi connectivity index (χ2v) is 7.26. The summed E-state index contributed by atoms with van der Waals surface area (Å²) in [6.07, 6.45) is 4.60. The van der Waals surface area contributed by atoms with Crippen LogP contribution in [0.15, 0.2) is 0 Å². The fourth-order valence-electron chi connectivity index (χ4n) is 2.35. The Balaban J connectivity index is 1.92. The van der Waals surface area contributed by atoms with E-state index in [0.29, 0.717) is 10.4 Å². The number of aryl methyl sites for hydroxylation is 1. The van der Waals surface area contributed by atoms with Gasteiger partial charge in [-0.15, -0.1) is 11.8 Å². The molecule has 3 rings (SSSR count). The van der Waals surface area contributed by atoms with Crippen molar-refractivity contribution in [3.05, 3.63) is 22.2 Å². The van der Waals surface area contributed by atoms with Crippen LogP contribution in [-0.2, 0) is 12.8 Å². The third-order valence-electron chi connectivity index (χ3n) is 3.25. The van der Waals surface area contributed by atoms with E-state index < -0.39 is 0 Å². The molecule has 1 saturated heterocycles. The van der Waals surface area contributed by atoms with Gasteiger partial charge in [-0.1, -0.05) is 11.6 Å². The lowest BCUT2D eigenvalue weighted by Crippen LogP contribution is -2.15. The SMILES string of the molecule is Clc1nc(C2CSCCS2)nc2c1CCCC2. The third-order valence-corrected chi connectivity index (χ3v) is 6.32. The Morgan fingerprint density at radius 2 is 2.00 bits per heavy atom. The minimum absolute atomic E-state index is 0.443. The van der Waals surface area contributed by atoms with Gasteiger partial charge in [-0.05, 0) is 25.7 Å². The summed E-state index contributed by atoms with van der Waals surface area (Å²) >= 11 is 10.3. The van der Waals surface area contributed by atoms with Gasteiger partial charge in [-0.3, -0.25) is 0 Å².